The summed E-state index contributed by atoms with van der Waals surface area (Å²) >= 11 is 6.20. The first kappa shape index (κ1) is 24.8. The molecule has 3 heterocycles. The van der Waals surface area contributed by atoms with Crippen LogP contribution in [0.25, 0.3) is 11.4 Å². The molecule has 1 amide bonds. The largest absolute Gasteiger partial charge is 0.401 e. The van der Waals surface area contributed by atoms with E-state index in [9.17, 15) is 18.0 Å². The lowest BCUT2D eigenvalue weighted by molar-refractivity contribution is -0.133. The number of aromatic nitrogens is 2. The number of amides is 1. The van der Waals surface area contributed by atoms with Crippen LogP contribution in [0.2, 0.25) is 5.02 Å². The fourth-order valence-corrected chi connectivity index (χ4v) is 5.78. The highest BCUT2D eigenvalue weighted by atomic mass is 35.5. The predicted molar refractivity (Wildman–Crippen MR) is 133 cm³/mol. The van der Waals surface area contributed by atoms with Gasteiger partial charge in [0, 0.05) is 42.5 Å². The Morgan fingerprint density at radius 3 is 2.56 bits per heavy atom. The highest BCUT2D eigenvalue weighted by molar-refractivity contribution is 6.30. The Bertz CT molecular complexity index is 1220. The van der Waals surface area contributed by atoms with E-state index in [4.69, 9.17) is 11.6 Å². The van der Waals surface area contributed by atoms with Crippen LogP contribution in [0.15, 0.2) is 60.9 Å². The van der Waals surface area contributed by atoms with Crippen LogP contribution in [0.5, 0.6) is 0 Å². The quantitative estimate of drug-likeness (QED) is 0.452. The molecule has 5 rings (SSSR count). The van der Waals surface area contributed by atoms with Crippen LogP contribution in [0, 0.1) is 5.92 Å². The molecule has 2 aliphatic rings. The summed E-state index contributed by atoms with van der Waals surface area (Å²) in [5, 5.41) is 3.15. The summed E-state index contributed by atoms with van der Waals surface area (Å²) in [6.07, 6.45) is 1.85. The van der Waals surface area contributed by atoms with Gasteiger partial charge < -0.3 is 14.8 Å². The predicted octanol–water partition coefficient (Wildman–Crippen LogP) is 5.48. The molecule has 2 aliphatic heterocycles. The number of carbonyl (C=O) groups excluding carboxylic acids is 1. The maximum absolute atomic E-state index is 13.3. The molecule has 36 heavy (non-hydrogen) atoms. The van der Waals surface area contributed by atoms with Crippen molar-refractivity contribution in [1.82, 2.24) is 19.8 Å². The number of piperidine rings is 1. The minimum Gasteiger partial charge on any atom is -0.343 e. The molecular formula is C27H28ClF3N4O. The first-order chi connectivity index (χ1) is 17.3. The molecule has 0 saturated carbocycles. The van der Waals surface area contributed by atoms with E-state index in [1.165, 1.54) is 0 Å². The topological polar surface area (TPSA) is 50.2 Å². The van der Waals surface area contributed by atoms with E-state index in [0.717, 1.165) is 22.5 Å². The van der Waals surface area contributed by atoms with Crippen molar-refractivity contribution in [2.45, 2.75) is 37.4 Å². The van der Waals surface area contributed by atoms with Gasteiger partial charge in [-0.05, 0) is 55.0 Å². The summed E-state index contributed by atoms with van der Waals surface area (Å²) in [5.41, 5.74) is 2.62. The molecule has 1 N–H and O–H groups in total. The monoisotopic (exact) mass is 516 g/mol. The number of benzene rings is 2. The minimum absolute atomic E-state index is 0.0658. The molecule has 0 bridgehead atoms. The highest BCUT2D eigenvalue weighted by Gasteiger charge is 2.45. The zero-order valence-electron chi connectivity index (χ0n) is 19.8. The van der Waals surface area contributed by atoms with Crippen LogP contribution in [0.3, 0.4) is 0 Å². The van der Waals surface area contributed by atoms with Crippen molar-refractivity contribution in [3.8, 4) is 11.4 Å². The SMILES string of the molecule is O=C(CCC1(c2ccc(Cl)cc2)c2ccccc2-c2nccn21)N1CCC(CNCC(F)(F)F)CC1. The van der Waals surface area contributed by atoms with Crippen LogP contribution in [0.1, 0.15) is 36.8 Å². The Morgan fingerprint density at radius 2 is 1.83 bits per heavy atom. The van der Waals surface area contributed by atoms with Crippen LogP contribution >= 0.6 is 11.6 Å². The third-order valence-corrected chi connectivity index (χ3v) is 7.67. The minimum atomic E-state index is -4.20. The molecule has 1 unspecified atom stereocenters. The van der Waals surface area contributed by atoms with Gasteiger partial charge in [0.2, 0.25) is 5.91 Å². The van der Waals surface area contributed by atoms with Gasteiger partial charge in [-0.3, -0.25) is 4.79 Å². The summed E-state index contributed by atoms with van der Waals surface area (Å²) in [4.78, 5) is 19.8. The fraction of sp³-hybridized carbons (Fsp3) is 0.407. The lowest BCUT2D eigenvalue weighted by Crippen LogP contribution is -2.42. The van der Waals surface area contributed by atoms with E-state index in [1.807, 2.05) is 47.5 Å². The van der Waals surface area contributed by atoms with Gasteiger partial charge in [0.25, 0.3) is 0 Å². The zero-order valence-corrected chi connectivity index (χ0v) is 20.5. The van der Waals surface area contributed by atoms with E-state index in [0.29, 0.717) is 50.3 Å². The number of nitrogens with zero attached hydrogens (tertiary/aromatic N) is 3. The Balaban J connectivity index is 1.31. The molecule has 1 aromatic heterocycles. The number of fused-ring (bicyclic) bond motifs is 3. The number of hydrogen-bond donors (Lipinski definition) is 1. The smallest absolute Gasteiger partial charge is 0.343 e. The van der Waals surface area contributed by atoms with E-state index < -0.39 is 18.3 Å². The van der Waals surface area contributed by atoms with E-state index in [-0.39, 0.29) is 11.8 Å². The standard InChI is InChI=1S/C27H28ClF3N4O/c28-21-7-5-20(6-8-21)26(23-4-2-1-3-22(23)25-33-13-16-35(25)26)12-9-24(36)34-14-10-19(11-15-34)17-32-18-27(29,30)31/h1-8,13,16,19,32H,9-12,14-15,17-18H2. The van der Waals surface area contributed by atoms with E-state index >= 15 is 0 Å². The van der Waals surface area contributed by atoms with Gasteiger partial charge in [0.15, 0.2) is 0 Å². The van der Waals surface area contributed by atoms with Crippen LogP contribution < -0.4 is 5.32 Å². The summed E-state index contributed by atoms with van der Waals surface area (Å²) in [6, 6.07) is 15.9. The van der Waals surface area contributed by atoms with Crippen molar-refractivity contribution in [2.75, 3.05) is 26.2 Å². The average molecular weight is 517 g/mol. The summed E-state index contributed by atoms with van der Waals surface area (Å²) in [5.74, 6) is 1.09. The zero-order chi connectivity index (χ0) is 25.3. The van der Waals surface area contributed by atoms with Crippen LogP contribution in [-0.4, -0.2) is 52.7 Å². The third-order valence-electron chi connectivity index (χ3n) is 7.41. The van der Waals surface area contributed by atoms with E-state index in [1.54, 1.807) is 6.20 Å². The second-order valence-electron chi connectivity index (χ2n) is 9.60. The lowest BCUT2D eigenvalue weighted by Gasteiger charge is -2.36. The summed E-state index contributed by atoms with van der Waals surface area (Å²) in [6.45, 7) is 0.480. The molecule has 1 fully saturated rings. The number of alkyl halides is 3. The van der Waals surface area contributed by atoms with Crippen molar-refractivity contribution in [1.29, 1.82) is 0 Å². The fourth-order valence-electron chi connectivity index (χ4n) is 5.65. The van der Waals surface area contributed by atoms with Gasteiger partial charge in [-0.25, -0.2) is 4.98 Å². The molecule has 2 aromatic carbocycles. The number of halogens is 4. The Labute approximate surface area is 213 Å². The van der Waals surface area contributed by atoms with Crippen molar-refractivity contribution >= 4 is 17.5 Å². The van der Waals surface area contributed by atoms with Gasteiger partial charge in [-0.2, -0.15) is 13.2 Å². The average Bonchev–Trinajstić information content (AvgIpc) is 3.44. The van der Waals surface area contributed by atoms with E-state index in [2.05, 4.69) is 27.0 Å². The first-order valence-electron chi connectivity index (χ1n) is 12.2. The Hall–Kier alpha value is -2.84. The number of rotatable bonds is 7. The maximum atomic E-state index is 13.3. The summed E-state index contributed by atoms with van der Waals surface area (Å²) < 4.78 is 39.4. The second kappa shape index (κ2) is 9.90. The number of nitrogens with one attached hydrogen (secondary N) is 1. The van der Waals surface area contributed by atoms with Gasteiger partial charge in [0.05, 0.1) is 12.1 Å². The molecule has 0 aliphatic carbocycles. The van der Waals surface area contributed by atoms with Crippen LogP contribution in [-0.2, 0) is 10.3 Å². The normalized spacial score (nSPS) is 19.8. The van der Waals surface area contributed by atoms with Crippen molar-refractivity contribution in [3.05, 3.63) is 77.1 Å². The van der Waals surface area contributed by atoms with Crippen molar-refractivity contribution < 1.29 is 18.0 Å². The van der Waals surface area contributed by atoms with Crippen LogP contribution in [0.4, 0.5) is 13.2 Å². The molecule has 0 radical (unpaired) electrons. The number of hydrogen-bond acceptors (Lipinski definition) is 3. The molecule has 1 atom stereocenters. The van der Waals surface area contributed by atoms with Gasteiger partial charge >= 0.3 is 6.18 Å². The van der Waals surface area contributed by atoms with Gasteiger partial charge in [-0.1, -0.05) is 48.0 Å². The second-order valence-corrected chi connectivity index (χ2v) is 10.0. The summed E-state index contributed by atoms with van der Waals surface area (Å²) in [7, 11) is 0. The van der Waals surface area contributed by atoms with Crippen molar-refractivity contribution in [3.63, 3.8) is 0 Å². The van der Waals surface area contributed by atoms with Crippen molar-refractivity contribution in [2.24, 2.45) is 5.92 Å². The molecule has 9 heteroatoms. The first-order valence-corrected chi connectivity index (χ1v) is 12.6. The van der Waals surface area contributed by atoms with Gasteiger partial charge in [0.1, 0.15) is 5.82 Å². The highest BCUT2D eigenvalue weighted by Crippen LogP contribution is 2.49. The maximum Gasteiger partial charge on any atom is 0.401 e. The molecule has 0 spiro atoms. The molecular weight excluding hydrogens is 489 g/mol. The number of imidazole rings is 1. The molecule has 3 aromatic rings. The third kappa shape index (κ3) is 4.76. The van der Waals surface area contributed by atoms with Gasteiger partial charge in [-0.15, -0.1) is 0 Å². The Kier molecular flexibility index (Phi) is 6.83. The lowest BCUT2D eigenvalue weighted by atomic mass is 9.79. The molecule has 5 nitrogen and oxygen atoms in total. The molecule has 1 saturated heterocycles. The molecule has 190 valence electrons. The number of likely N-dealkylation sites (tertiary alicyclic amines) is 1. The Morgan fingerprint density at radius 1 is 1.11 bits per heavy atom. The number of carbonyl (C=O) groups is 1.